The molecule has 0 aliphatic heterocycles. The second kappa shape index (κ2) is 14.9. The van der Waals surface area contributed by atoms with Crippen LogP contribution in [-0.4, -0.2) is 0 Å². The van der Waals surface area contributed by atoms with Gasteiger partial charge in [-0.25, -0.2) is 0 Å². The summed E-state index contributed by atoms with van der Waals surface area (Å²) in [6.07, 6.45) is 0. The van der Waals surface area contributed by atoms with Crippen LogP contribution < -0.4 is 0 Å². The van der Waals surface area contributed by atoms with E-state index in [1.807, 2.05) is 78.9 Å². The van der Waals surface area contributed by atoms with Gasteiger partial charge in [-0.05, 0) is 131 Å². The summed E-state index contributed by atoms with van der Waals surface area (Å²) in [5, 5.41) is 32.7. The molecule has 3 nitrogen and oxygen atoms in total. The molecule has 0 spiro atoms. The van der Waals surface area contributed by atoms with Crippen LogP contribution >= 0.6 is 0 Å². The third-order valence-corrected chi connectivity index (χ3v) is 12.8. The van der Waals surface area contributed by atoms with Crippen LogP contribution in [0.5, 0.6) is 0 Å². The van der Waals surface area contributed by atoms with E-state index in [-0.39, 0.29) is 11.8 Å². The van der Waals surface area contributed by atoms with Gasteiger partial charge < -0.3 is 0 Å². The van der Waals surface area contributed by atoms with E-state index in [0.29, 0.717) is 16.7 Å². The minimum atomic E-state index is -0.280. The van der Waals surface area contributed by atoms with Crippen LogP contribution in [0.25, 0.3) is 66.8 Å². The summed E-state index contributed by atoms with van der Waals surface area (Å²) < 4.78 is 0. The Bertz CT molecular complexity index is 3380. The van der Waals surface area contributed by atoms with Crippen LogP contribution in [0.4, 0.5) is 0 Å². The minimum absolute atomic E-state index is 0.260. The van der Waals surface area contributed by atoms with E-state index in [0.717, 1.165) is 100 Å². The summed E-state index contributed by atoms with van der Waals surface area (Å²) in [5.74, 6) is -0.539. The van der Waals surface area contributed by atoms with Crippen molar-refractivity contribution in [2.45, 2.75) is 11.8 Å². The molecular weight excluding hydrogens is 751 g/mol. The van der Waals surface area contributed by atoms with Crippen molar-refractivity contribution in [3.05, 3.63) is 250 Å². The molecule has 9 aromatic carbocycles. The van der Waals surface area contributed by atoms with Gasteiger partial charge in [-0.3, -0.25) is 0 Å². The third-order valence-electron chi connectivity index (χ3n) is 12.8. The second-order valence-electron chi connectivity index (χ2n) is 16.1. The Balaban J connectivity index is 1.16. The molecule has 0 N–H and O–H groups in total. The average Bonchev–Trinajstić information content (AvgIpc) is 3.35. The van der Waals surface area contributed by atoms with E-state index in [4.69, 9.17) is 0 Å². The highest BCUT2D eigenvalue weighted by Crippen LogP contribution is 2.59. The van der Waals surface area contributed by atoms with Gasteiger partial charge in [0.05, 0.1) is 34.9 Å². The first-order valence-electron chi connectivity index (χ1n) is 20.8. The van der Waals surface area contributed by atoms with Gasteiger partial charge in [0.2, 0.25) is 0 Å². The smallest absolute Gasteiger partial charge is 0.0998 e. The summed E-state index contributed by atoms with van der Waals surface area (Å²) in [5.41, 5.74) is 20.3. The zero-order valence-electron chi connectivity index (χ0n) is 33.5. The normalized spacial score (nSPS) is 14.1. The molecule has 0 radical (unpaired) electrons. The molecule has 62 heavy (non-hydrogen) atoms. The molecule has 0 amide bonds. The molecule has 0 saturated heterocycles. The molecule has 2 atom stereocenters. The molecular formula is C59H35N3. The van der Waals surface area contributed by atoms with Crippen molar-refractivity contribution in [3.8, 4) is 85.0 Å². The van der Waals surface area contributed by atoms with E-state index < -0.39 is 0 Å². The van der Waals surface area contributed by atoms with Gasteiger partial charge in [-0.2, -0.15) is 15.8 Å². The Morgan fingerprint density at radius 1 is 0.242 bits per heavy atom. The fourth-order valence-electron chi connectivity index (χ4n) is 10.0. The second-order valence-corrected chi connectivity index (χ2v) is 16.1. The lowest BCUT2D eigenvalue weighted by molar-refractivity contribution is 0.754. The highest BCUT2D eigenvalue weighted by atomic mass is 14.5. The van der Waals surface area contributed by atoms with E-state index in [1.54, 1.807) is 0 Å². The number of nitrogens with zero attached hydrogens (tertiary/aromatic N) is 3. The highest BCUT2D eigenvalue weighted by Gasteiger charge is 2.43. The lowest BCUT2D eigenvalue weighted by atomic mass is 9.59. The predicted octanol–water partition coefficient (Wildman–Crippen LogP) is 14.3. The van der Waals surface area contributed by atoms with Crippen molar-refractivity contribution >= 4 is 0 Å². The molecule has 2 unspecified atom stereocenters. The summed E-state index contributed by atoms with van der Waals surface area (Å²) in [7, 11) is 0. The average molecular weight is 786 g/mol. The maximum atomic E-state index is 11.0. The van der Waals surface area contributed by atoms with Crippen LogP contribution in [0.3, 0.4) is 0 Å². The topological polar surface area (TPSA) is 71.4 Å². The van der Waals surface area contributed by atoms with Gasteiger partial charge >= 0.3 is 0 Å². The monoisotopic (exact) mass is 785 g/mol. The summed E-state index contributed by atoms with van der Waals surface area (Å²) >= 11 is 0. The number of benzene rings is 9. The van der Waals surface area contributed by atoms with Crippen molar-refractivity contribution in [2.75, 3.05) is 0 Å². The first-order chi connectivity index (χ1) is 30.6. The lowest BCUT2D eigenvalue weighted by Gasteiger charge is -2.43. The first kappa shape index (κ1) is 36.5. The zero-order valence-corrected chi connectivity index (χ0v) is 33.5. The Morgan fingerprint density at radius 3 is 1.00 bits per heavy atom. The first-order valence-corrected chi connectivity index (χ1v) is 20.8. The van der Waals surface area contributed by atoms with Crippen LogP contribution in [0.2, 0.25) is 0 Å². The number of hydrogen-bond donors (Lipinski definition) is 0. The van der Waals surface area contributed by atoms with E-state index in [1.165, 1.54) is 0 Å². The van der Waals surface area contributed by atoms with E-state index in [2.05, 4.69) is 140 Å². The standard InChI is InChI=1S/C59H35N3/c60-34-42-28-52-55(31-49(42)41-22-14-21-40(27-41)37-15-4-1-5-16-37)59-54-30-44(36-62)50(47-25-12-10-23-45(47)38-17-6-2-7-18-38)32-56(54)58(52)53-29-43(35-61)51(33-57(53)59)48-26-13-11-24-46(48)39-19-8-3-9-20-39/h1-33,58-59H. The Morgan fingerprint density at radius 2 is 0.565 bits per heavy atom. The molecule has 0 aromatic heterocycles. The Labute approximate surface area is 361 Å². The number of rotatable bonds is 6. The summed E-state index contributed by atoms with van der Waals surface area (Å²) in [6.45, 7) is 0. The fraction of sp³-hybridized carbons (Fsp3) is 0.0339. The number of hydrogen-bond acceptors (Lipinski definition) is 3. The van der Waals surface area contributed by atoms with Crippen LogP contribution in [0, 0.1) is 34.0 Å². The maximum absolute atomic E-state index is 11.0. The van der Waals surface area contributed by atoms with Gasteiger partial charge in [0.15, 0.2) is 0 Å². The zero-order chi connectivity index (χ0) is 41.7. The van der Waals surface area contributed by atoms with Crippen LogP contribution in [-0.2, 0) is 0 Å². The molecule has 3 aliphatic carbocycles. The predicted molar refractivity (Wildman–Crippen MR) is 248 cm³/mol. The lowest BCUT2D eigenvalue weighted by Crippen LogP contribution is -2.28. The van der Waals surface area contributed by atoms with Crippen molar-refractivity contribution in [2.24, 2.45) is 0 Å². The molecule has 0 saturated carbocycles. The molecule has 0 heterocycles. The van der Waals surface area contributed by atoms with Crippen molar-refractivity contribution < 1.29 is 0 Å². The summed E-state index contributed by atoms with van der Waals surface area (Å²) in [4.78, 5) is 0. The van der Waals surface area contributed by atoms with Crippen LogP contribution in [0.15, 0.2) is 200 Å². The summed E-state index contributed by atoms with van der Waals surface area (Å²) in [6, 6.07) is 76.6. The Kier molecular flexibility index (Phi) is 8.79. The largest absolute Gasteiger partial charge is 0.192 e. The van der Waals surface area contributed by atoms with Crippen molar-refractivity contribution in [1.29, 1.82) is 15.8 Å². The van der Waals surface area contributed by atoms with Gasteiger partial charge in [0.25, 0.3) is 0 Å². The minimum Gasteiger partial charge on any atom is -0.192 e. The molecule has 0 fully saturated rings. The SMILES string of the molecule is N#Cc1cc2c(cc1-c1cccc(-c3ccccc3)c1)C1c3cc(C#N)c(-c4ccccc4-c4ccccc4)cc3C2c2cc(C#N)c(-c3ccccc3-c3ccccc3)cc21. The van der Waals surface area contributed by atoms with Crippen molar-refractivity contribution in [3.63, 3.8) is 0 Å². The molecule has 12 rings (SSSR count). The quantitative estimate of drug-likeness (QED) is 0.169. The van der Waals surface area contributed by atoms with Crippen LogP contribution in [0.1, 0.15) is 61.9 Å². The van der Waals surface area contributed by atoms with Crippen molar-refractivity contribution in [1.82, 2.24) is 0 Å². The van der Waals surface area contributed by atoms with E-state index >= 15 is 0 Å². The molecule has 3 aliphatic rings. The molecule has 3 heteroatoms. The fourth-order valence-corrected chi connectivity index (χ4v) is 10.0. The molecule has 286 valence electrons. The van der Waals surface area contributed by atoms with Gasteiger partial charge in [0.1, 0.15) is 0 Å². The molecule has 9 aromatic rings. The highest BCUT2D eigenvalue weighted by molar-refractivity contribution is 5.90. The Hall–Kier alpha value is -8.55. The molecule has 2 bridgehead atoms. The third kappa shape index (κ3) is 5.86. The number of nitriles is 3. The van der Waals surface area contributed by atoms with Gasteiger partial charge in [0, 0.05) is 23.0 Å². The maximum Gasteiger partial charge on any atom is 0.0998 e. The van der Waals surface area contributed by atoms with Gasteiger partial charge in [-0.15, -0.1) is 0 Å². The van der Waals surface area contributed by atoms with Gasteiger partial charge in [-0.1, -0.05) is 158 Å². The van der Waals surface area contributed by atoms with E-state index in [9.17, 15) is 15.8 Å².